The Morgan fingerprint density at radius 3 is 2.09 bits per heavy atom. The third kappa shape index (κ3) is 5.03. The molecule has 34 heavy (non-hydrogen) atoms. The highest BCUT2D eigenvalue weighted by atomic mass is 32.2. The van der Waals surface area contributed by atoms with E-state index in [2.05, 4.69) is 15.1 Å². The Kier molecular flexibility index (Phi) is 6.16. The maximum absolute atomic E-state index is 13.4. The van der Waals surface area contributed by atoms with Crippen LogP contribution in [-0.2, 0) is 16.6 Å². The van der Waals surface area contributed by atoms with Crippen LogP contribution in [0.2, 0.25) is 0 Å². The van der Waals surface area contributed by atoms with Crippen LogP contribution < -0.4 is 10.0 Å². The van der Waals surface area contributed by atoms with Crippen LogP contribution in [0.1, 0.15) is 5.56 Å². The molecule has 0 fully saturated rings. The minimum absolute atomic E-state index is 0.150. The summed E-state index contributed by atoms with van der Waals surface area (Å²) in [7, 11) is -3.86. The zero-order valence-electron chi connectivity index (χ0n) is 18.1. The second kappa shape index (κ2) is 9.54. The molecule has 5 rings (SSSR count). The van der Waals surface area contributed by atoms with Gasteiger partial charge >= 0.3 is 0 Å². The summed E-state index contributed by atoms with van der Waals surface area (Å²) in [4.78, 5) is 0.951. The number of thiophene rings is 1. The highest BCUT2D eigenvalue weighted by Crippen LogP contribution is 2.31. The largest absolute Gasteiger partial charge is 0.356 e. The molecule has 0 unspecified atom stereocenters. The second-order valence-electron chi connectivity index (χ2n) is 7.68. The third-order valence-electron chi connectivity index (χ3n) is 5.16. The van der Waals surface area contributed by atoms with Gasteiger partial charge in [-0.2, -0.15) is 5.10 Å². The van der Waals surface area contributed by atoms with E-state index in [-0.39, 0.29) is 4.90 Å². The molecule has 2 N–H and O–H groups in total. The van der Waals surface area contributed by atoms with Crippen LogP contribution in [0.25, 0.3) is 10.6 Å². The van der Waals surface area contributed by atoms with Crippen molar-refractivity contribution < 1.29 is 8.42 Å². The van der Waals surface area contributed by atoms with Crippen LogP contribution in [0.15, 0.2) is 114 Å². The first-order valence-electron chi connectivity index (χ1n) is 10.7. The summed E-state index contributed by atoms with van der Waals surface area (Å²) in [6.45, 7) is 0.481. The van der Waals surface area contributed by atoms with Crippen molar-refractivity contribution in [2.24, 2.45) is 0 Å². The van der Waals surface area contributed by atoms with Crippen molar-refractivity contribution in [2.45, 2.75) is 11.4 Å². The lowest BCUT2D eigenvalue weighted by molar-refractivity contribution is 0.601. The standard InChI is InChI=1S/C26H22N4O2S2/c31-34(32,29-23-15-13-22(14-16-23)27-21-10-5-2-6-11-21)25-19-30(18-20-8-3-1-4-9-20)28-26(25)24-12-7-17-33-24/h1-17,19,27,29H,18H2. The molecule has 0 atom stereocenters. The summed E-state index contributed by atoms with van der Waals surface area (Å²) in [6, 6.07) is 30.5. The number of hydrogen-bond donors (Lipinski definition) is 2. The van der Waals surface area contributed by atoms with Gasteiger partial charge < -0.3 is 5.32 Å². The first-order valence-corrected chi connectivity index (χ1v) is 13.0. The van der Waals surface area contributed by atoms with Gasteiger partial charge in [-0.1, -0.05) is 54.6 Å². The topological polar surface area (TPSA) is 76.0 Å². The summed E-state index contributed by atoms with van der Waals surface area (Å²) in [5.41, 5.74) is 3.79. The number of anilines is 3. The minimum atomic E-state index is -3.86. The zero-order valence-corrected chi connectivity index (χ0v) is 19.8. The summed E-state index contributed by atoms with van der Waals surface area (Å²) in [5.74, 6) is 0. The fraction of sp³-hybridized carbons (Fsp3) is 0.0385. The van der Waals surface area contributed by atoms with Gasteiger partial charge in [-0.25, -0.2) is 8.42 Å². The van der Waals surface area contributed by atoms with E-state index >= 15 is 0 Å². The molecule has 170 valence electrons. The van der Waals surface area contributed by atoms with E-state index in [1.54, 1.807) is 23.0 Å². The Hall–Kier alpha value is -3.88. The molecular weight excluding hydrogens is 464 g/mol. The van der Waals surface area contributed by atoms with E-state index in [4.69, 9.17) is 0 Å². The van der Waals surface area contributed by atoms with Gasteiger partial charge in [-0.15, -0.1) is 11.3 Å². The zero-order chi connectivity index (χ0) is 23.4. The number of aromatic nitrogens is 2. The number of rotatable bonds is 8. The Morgan fingerprint density at radius 1 is 0.765 bits per heavy atom. The number of nitrogens with one attached hydrogen (secondary N) is 2. The van der Waals surface area contributed by atoms with E-state index < -0.39 is 10.0 Å². The lowest BCUT2D eigenvalue weighted by Crippen LogP contribution is -2.13. The molecule has 0 saturated carbocycles. The van der Waals surface area contributed by atoms with Crippen LogP contribution in [0, 0.1) is 0 Å². The van der Waals surface area contributed by atoms with Crippen molar-refractivity contribution in [3.63, 3.8) is 0 Å². The SMILES string of the molecule is O=S(=O)(Nc1ccc(Nc2ccccc2)cc1)c1cn(Cc2ccccc2)nc1-c1cccs1. The van der Waals surface area contributed by atoms with Crippen molar-refractivity contribution in [3.8, 4) is 10.6 Å². The molecule has 0 amide bonds. The number of hydrogen-bond acceptors (Lipinski definition) is 5. The lowest BCUT2D eigenvalue weighted by atomic mass is 10.2. The van der Waals surface area contributed by atoms with Crippen LogP contribution >= 0.6 is 11.3 Å². The van der Waals surface area contributed by atoms with Gasteiger partial charge in [0, 0.05) is 23.3 Å². The van der Waals surface area contributed by atoms with E-state index in [9.17, 15) is 8.42 Å². The quantitative estimate of drug-likeness (QED) is 0.274. The molecule has 0 aliphatic carbocycles. The Bertz CT molecular complexity index is 1460. The number of sulfonamides is 1. The van der Waals surface area contributed by atoms with Crippen LogP contribution in [0.3, 0.4) is 0 Å². The molecule has 0 aliphatic heterocycles. The van der Waals surface area contributed by atoms with Crippen molar-refractivity contribution in [1.29, 1.82) is 0 Å². The van der Waals surface area contributed by atoms with Crippen molar-refractivity contribution in [3.05, 3.63) is 114 Å². The van der Waals surface area contributed by atoms with Gasteiger partial charge in [0.2, 0.25) is 0 Å². The molecular formula is C26H22N4O2S2. The average Bonchev–Trinajstić information content (AvgIpc) is 3.52. The number of benzene rings is 3. The van der Waals surface area contributed by atoms with Gasteiger partial charge in [-0.3, -0.25) is 9.40 Å². The average molecular weight is 487 g/mol. The fourth-order valence-electron chi connectivity index (χ4n) is 3.56. The van der Waals surface area contributed by atoms with Crippen molar-refractivity contribution in [2.75, 3.05) is 10.0 Å². The first-order chi connectivity index (χ1) is 16.6. The van der Waals surface area contributed by atoms with E-state index in [1.165, 1.54) is 11.3 Å². The maximum atomic E-state index is 13.4. The van der Waals surface area contributed by atoms with Gasteiger partial charge in [0.15, 0.2) is 0 Å². The van der Waals surface area contributed by atoms with Gasteiger partial charge in [-0.05, 0) is 53.4 Å². The summed E-state index contributed by atoms with van der Waals surface area (Å²) in [5, 5.41) is 9.82. The fourth-order valence-corrected chi connectivity index (χ4v) is 5.57. The number of para-hydroxylation sites is 1. The van der Waals surface area contributed by atoms with Crippen LogP contribution in [0.5, 0.6) is 0 Å². The van der Waals surface area contributed by atoms with Crippen LogP contribution in [0.4, 0.5) is 17.1 Å². The molecule has 0 spiro atoms. The molecule has 2 heterocycles. The Balaban J connectivity index is 1.40. The number of nitrogens with zero attached hydrogens (tertiary/aromatic N) is 2. The van der Waals surface area contributed by atoms with E-state index in [0.717, 1.165) is 21.8 Å². The highest BCUT2D eigenvalue weighted by molar-refractivity contribution is 7.92. The predicted molar refractivity (Wildman–Crippen MR) is 138 cm³/mol. The van der Waals surface area contributed by atoms with Crippen molar-refractivity contribution in [1.82, 2.24) is 9.78 Å². The minimum Gasteiger partial charge on any atom is -0.356 e. The molecule has 0 aliphatic rings. The van der Waals surface area contributed by atoms with Gasteiger partial charge in [0.05, 0.1) is 11.4 Å². The third-order valence-corrected chi connectivity index (χ3v) is 7.42. The molecule has 6 nitrogen and oxygen atoms in total. The molecule has 0 radical (unpaired) electrons. The molecule has 5 aromatic rings. The summed E-state index contributed by atoms with van der Waals surface area (Å²) < 4.78 is 31.1. The molecule has 0 bridgehead atoms. The normalized spacial score (nSPS) is 11.3. The van der Waals surface area contributed by atoms with Crippen LogP contribution in [-0.4, -0.2) is 18.2 Å². The summed E-state index contributed by atoms with van der Waals surface area (Å²) >= 11 is 1.46. The Labute approximate surface area is 202 Å². The maximum Gasteiger partial charge on any atom is 0.265 e. The van der Waals surface area contributed by atoms with E-state index in [1.807, 2.05) is 90.3 Å². The molecule has 0 saturated heterocycles. The van der Waals surface area contributed by atoms with Gasteiger partial charge in [0.25, 0.3) is 10.0 Å². The summed E-state index contributed by atoms with van der Waals surface area (Å²) in [6.07, 6.45) is 1.59. The van der Waals surface area contributed by atoms with Gasteiger partial charge in [0.1, 0.15) is 10.6 Å². The second-order valence-corrected chi connectivity index (χ2v) is 10.3. The smallest absolute Gasteiger partial charge is 0.265 e. The van der Waals surface area contributed by atoms with Crippen molar-refractivity contribution >= 4 is 38.4 Å². The highest BCUT2D eigenvalue weighted by Gasteiger charge is 2.24. The van der Waals surface area contributed by atoms with E-state index in [0.29, 0.717) is 17.9 Å². The molecule has 3 aromatic carbocycles. The molecule has 8 heteroatoms. The monoisotopic (exact) mass is 486 g/mol. The molecule has 2 aromatic heterocycles. The Morgan fingerprint density at radius 2 is 1.41 bits per heavy atom. The lowest BCUT2D eigenvalue weighted by Gasteiger charge is -2.10. The first kappa shape index (κ1) is 21.9. The predicted octanol–water partition coefficient (Wildman–Crippen LogP) is 6.20.